The summed E-state index contributed by atoms with van der Waals surface area (Å²) < 4.78 is 10.3. The summed E-state index contributed by atoms with van der Waals surface area (Å²) in [5.74, 6) is 0.148. The first-order valence-electron chi connectivity index (χ1n) is 9.79. The van der Waals surface area contributed by atoms with Crippen LogP contribution in [0.4, 0.5) is 4.79 Å². The molecule has 0 aromatic rings. The van der Waals surface area contributed by atoms with Crippen LogP contribution in [0.1, 0.15) is 27.7 Å². The number of likely N-dealkylation sites (tertiary alicyclic amines) is 1. The summed E-state index contributed by atoms with van der Waals surface area (Å²) >= 11 is 0. The van der Waals surface area contributed by atoms with E-state index >= 15 is 0 Å². The number of methoxy groups -OCH3 is 1. The molecule has 2 aliphatic rings. The molecule has 0 bridgehead atoms. The van der Waals surface area contributed by atoms with Crippen molar-refractivity contribution in [2.24, 2.45) is 5.92 Å². The molecule has 8 nitrogen and oxygen atoms in total. The molecular formula is C21H32N4O4. The van der Waals surface area contributed by atoms with Gasteiger partial charge in [0.2, 0.25) is 0 Å². The van der Waals surface area contributed by atoms with Gasteiger partial charge >= 0.3 is 6.09 Å². The number of nitrogens with zero attached hydrogens (tertiary/aromatic N) is 1. The Hall–Kier alpha value is -2.61. The van der Waals surface area contributed by atoms with E-state index in [9.17, 15) is 9.59 Å². The third-order valence-electron chi connectivity index (χ3n) is 4.61. The summed E-state index contributed by atoms with van der Waals surface area (Å²) in [6.45, 7) is 10.2. The van der Waals surface area contributed by atoms with Gasteiger partial charge in [-0.05, 0) is 45.4 Å². The molecule has 29 heavy (non-hydrogen) atoms. The van der Waals surface area contributed by atoms with Crippen LogP contribution in [0.25, 0.3) is 0 Å². The van der Waals surface area contributed by atoms with Gasteiger partial charge in [-0.2, -0.15) is 0 Å². The molecule has 3 N–H and O–H groups in total. The van der Waals surface area contributed by atoms with Gasteiger partial charge in [0.25, 0.3) is 5.91 Å². The molecule has 0 saturated carbocycles. The van der Waals surface area contributed by atoms with Crippen LogP contribution >= 0.6 is 0 Å². The number of rotatable bonds is 7. The maximum atomic E-state index is 12.3. The van der Waals surface area contributed by atoms with Crippen molar-refractivity contribution in [2.45, 2.75) is 33.3 Å². The first-order valence-corrected chi connectivity index (χ1v) is 9.79. The molecule has 0 aromatic carbocycles. The molecule has 0 radical (unpaired) electrons. The van der Waals surface area contributed by atoms with Crippen LogP contribution < -0.4 is 10.6 Å². The molecule has 160 valence electrons. The van der Waals surface area contributed by atoms with Gasteiger partial charge < -0.3 is 30.4 Å². The maximum Gasteiger partial charge on any atom is 0.410 e. The molecule has 1 aliphatic carbocycles. The van der Waals surface area contributed by atoms with Crippen LogP contribution in [0.3, 0.4) is 0 Å². The van der Waals surface area contributed by atoms with Gasteiger partial charge in [-0.25, -0.2) is 4.79 Å². The van der Waals surface area contributed by atoms with Crippen LogP contribution in [0.5, 0.6) is 0 Å². The predicted octanol–water partition coefficient (Wildman–Crippen LogP) is 2.00. The summed E-state index contributed by atoms with van der Waals surface area (Å²) in [6, 6.07) is 0. The van der Waals surface area contributed by atoms with Crippen molar-refractivity contribution in [3.8, 4) is 0 Å². The summed E-state index contributed by atoms with van der Waals surface area (Å²) in [6.07, 6.45) is 4.79. The molecule has 0 unspecified atom stereocenters. The standard InChI is InChI=1S/C21H32N4O4/c1-14-16(19(26)24-8-9-28-5)6-7-18(22)17(14)11-23-10-15-12-25(13-15)20(27)29-21(2,3)4/h6-7,11,15,22-23H,8-10,12-13H2,1-5H3,(H,24,26)/b17-11-,22-18?. The van der Waals surface area contributed by atoms with Crippen molar-refractivity contribution in [3.63, 3.8) is 0 Å². The van der Waals surface area contributed by atoms with Crippen LogP contribution in [-0.4, -0.2) is 68.1 Å². The topological polar surface area (TPSA) is 104 Å². The molecule has 0 spiro atoms. The van der Waals surface area contributed by atoms with Crippen LogP contribution in [0, 0.1) is 11.3 Å². The summed E-state index contributed by atoms with van der Waals surface area (Å²) in [5.41, 5.74) is 1.85. The quantitative estimate of drug-likeness (QED) is 0.563. The van der Waals surface area contributed by atoms with E-state index in [0.717, 1.165) is 5.57 Å². The average molecular weight is 405 g/mol. The lowest BCUT2D eigenvalue weighted by atomic mass is 9.92. The van der Waals surface area contributed by atoms with Crippen LogP contribution in [-0.2, 0) is 14.3 Å². The normalized spacial score (nSPS) is 18.7. The minimum atomic E-state index is -0.489. The summed E-state index contributed by atoms with van der Waals surface area (Å²) in [5, 5.41) is 14.2. The number of carbonyl (C=O) groups excluding carboxylic acids is 2. The zero-order chi connectivity index (χ0) is 21.6. The van der Waals surface area contributed by atoms with Gasteiger partial charge in [0.15, 0.2) is 0 Å². The fraction of sp³-hybridized carbons (Fsp3) is 0.571. The molecular weight excluding hydrogens is 372 g/mol. The van der Waals surface area contributed by atoms with E-state index in [2.05, 4.69) is 10.6 Å². The Morgan fingerprint density at radius 3 is 2.62 bits per heavy atom. The van der Waals surface area contributed by atoms with Crippen molar-refractivity contribution in [2.75, 3.05) is 39.9 Å². The highest BCUT2D eigenvalue weighted by Crippen LogP contribution is 2.23. The molecule has 2 rings (SSSR count). The van der Waals surface area contributed by atoms with E-state index in [1.54, 1.807) is 30.4 Å². The molecule has 1 aliphatic heterocycles. The first kappa shape index (κ1) is 22.7. The highest BCUT2D eigenvalue weighted by atomic mass is 16.6. The third kappa shape index (κ3) is 6.45. The third-order valence-corrected chi connectivity index (χ3v) is 4.61. The lowest BCUT2D eigenvalue weighted by Gasteiger charge is -2.39. The Morgan fingerprint density at radius 1 is 1.31 bits per heavy atom. The van der Waals surface area contributed by atoms with Crippen molar-refractivity contribution >= 4 is 17.7 Å². The number of amides is 2. The van der Waals surface area contributed by atoms with E-state index in [4.69, 9.17) is 14.9 Å². The molecule has 8 heteroatoms. The van der Waals surface area contributed by atoms with Gasteiger partial charge in [0.05, 0.1) is 12.3 Å². The highest BCUT2D eigenvalue weighted by Gasteiger charge is 2.33. The molecule has 1 fully saturated rings. The molecule has 1 heterocycles. The lowest BCUT2D eigenvalue weighted by Crippen LogP contribution is -2.54. The summed E-state index contributed by atoms with van der Waals surface area (Å²) in [4.78, 5) is 26.0. The fourth-order valence-corrected chi connectivity index (χ4v) is 3.02. The Bertz CT molecular complexity index is 740. The molecule has 2 amide bonds. The van der Waals surface area contributed by atoms with E-state index < -0.39 is 5.60 Å². The van der Waals surface area contributed by atoms with Gasteiger partial charge in [-0.3, -0.25) is 4.79 Å². The van der Waals surface area contributed by atoms with Crippen molar-refractivity contribution in [1.82, 2.24) is 15.5 Å². The molecule has 0 aromatic heterocycles. The maximum absolute atomic E-state index is 12.3. The van der Waals surface area contributed by atoms with Gasteiger partial charge in [-0.1, -0.05) is 0 Å². The molecule has 1 saturated heterocycles. The number of hydrogen-bond acceptors (Lipinski definition) is 6. The second kappa shape index (κ2) is 9.73. The second-order valence-electron chi connectivity index (χ2n) is 8.25. The largest absolute Gasteiger partial charge is 0.444 e. The Labute approximate surface area is 172 Å². The van der Waals surface area contributed by atoms with Crippen molar-refractivity contribution in [3.05, 3.63) is 35.1 Å². The van der Waals surface area contributed by atoms with Gasteiger partial charge in [-0.15, -0.1) is 0 Å². The Morgan fingerprint density at radius 2 is 2.00 bits per heavy atom. The average Bonchev–Trinajstić information content (AvgIpc) is 2.57. The van der Waals surface area contributed by atoms with E-state index in [1.165, 1.54) is 0 Å². The summed E-state index contributed by atoms with van der Waals surface area (Å²) in [7, 11) is 1.58. The predicted molar refractivity (Wildman–Crippen MR) is 112 cm³/mol. The highest BCUT2D eigenvalue weighted by molar-refractivity contribution is 6.14. The smallest absolute Gasteiger partial charge is 0.410 e. The number of hydrogen-bond donors (Lipinski definition) is 3. The first-order chi connectivity index (χ1) is 13.6. The van der Waals surface area contributed by atoms with E-state index in [1.807, 2.05) is 27.7 Å². The van der Waals surface area contributed by atoms with Gasteiger partial charge in [0.1, 0.15) is 5.60 Å². The Balaban J connectivity index is 1.87. The van der Waals surface area contributed by atoms with E-state index in [-0.39, 0.29) is 12.0 Å². The zero-order valence-electron chi connectivity index (χ0n) is 17.9. The van der Waals surface area contributed by atoms with Crippen LogP contribution in [0.2, 0.25) is 0 Å². The van der Waals surface area contributed by atoms with Crippen molar-refractivity contribution < 1.29 is 19.1 Å². The van der Waals surface area contributed by atoms with Crippen molar-refractivity contribution in [1.29, 1.82) is 5.41 Å². The van der Waals surface area contributed by atoms with Crippen LogP contribution in [0.15, 0.2) is 35.1 Å². The fourth-order valence-electron chi connectivity index (χ4n) is 3.02. The lowest BCUT2D eigenvalue weighted by molar-refractivity contribution is -0.117. The monoisotopic (exact) mass is 404 g/mol. The molecule has 0 atom stereocenters. The Kier molecular flexibility index (Phi) is 7.61. The number of allylic oxidation sites excluding steroid dienone is 3. The van der Waals surface area contributed by atoms with E-state index in [0.29, 0.717) is 55.6 Å². The van der Waals surface area contributed by atoms with Gasteiger partial charge in [0, 0.05) is 56.6 Å². The minimum Gasteiger partial charge on any atom is -0.444 e. The second-order valence-corrected chi connectivity index (χ2v) is 8.25. The number of carbonyl (C=O) groups is 2. The zero-order valence-corrected chi connectivity index (χ0v) is 17.9. The number of nitrogens with one attached hydrogen (secondary N) is 3. The minimum absolute atomic E-state index is 0.179. The SMILES string of the molecule is COCCNC(=O)C1=C(C)/C(=C/NCC2CN(C(=O)OC(C)(C)C)C2)C(=N)C=C1. The number of ether oxygens (including phenoxy) is 2.